The molecule has 1 aliphatic rings. The van der Waals surface area contributed by atoms with Gasteiger partial charge in [-0.3, -0.25) is 0 Å². The second-order valence-electron chi connectivity index (χ2n) is 2.96. The number of rotatable bonds is 2. The van der Waals surface area contributed by atoms with Crippen LogP contribution in [-0.2, 0) is 0 Å². The molecular weight excluding hydrogens is 136 g/mol. The summed E-state index contributed by atoms with van der Waals surface area (Å²) in [6.07, 6.45) is 9.00. The zero-order valence-corrected chi connectivity index (χ0v) is 7.09. The molecular formula is C9H16N2. The van der Waals surface area contributed by atoms with Crippen LogP contribution in [0.1, 0.15) is 32.6 Å². The summed E-state index contributed by atoms with van der Waals surface area (Å²) in [7, 11) is 0. The Morgan fingerprint density at radius 2 is 2.45 bits per heavy atom. The van der Waals surface area contributed by atoms with Crippen molar-refractivity contribution in [2.45, 2.75) is 32.6 Å². The Balaban J connectivity index is 2.52. The second kappa shape index (κ2) is 4.16. The van der Waals surface area contributed by atoms with Gasteiger partial charge in [0.15, 0.2) is 0 Å². The van der Waals surface area contributed by atoms with Crippen molar-refractivity contribution in [2.24, 2.45) is 16.9 Å². The lowest BCUT2D eigenvalue weighted by Gasteiger charge is -2.17. The van der Waals surface area contributed by atoms with E-state index in [4.69, 9.17) is 5.84 Å². The third-order valence-electron chi connectivity index (χ3n) is 2.27. The molecule has 1 unspecified atom stereocenters. The number of hydrazone groups is 1. The highest BCUT2D eigenvalue weighted by atomic mass is 15.1. The molecule has 0 aromatic carbocycles. The van der Waals surface area contributed by atoms with Crippen molar-refractivity contribution in [2.75, 3.05) is 0 Å². The van der Waals surface area contributed by atoms with Gasteiger partial charge in [-0.1, -0.05) is 19.1 Å². The topological polar surface area (TPSA) is 38.4 Å². The molecule has 0 fully saturated rings. The van der Waals surface area contributed by atoms with Crippen molar-refractivity contribution in [3.63, 3.8) is 0 Å². The van der Waals surface area contributed by atoms with Crippen molar-refractivity contribution >= 4 is 5.71 Å². The largest absolute Gasteiger partial charge is 0.323 e. The number of hydrogen-bond acceptors (Lipinski definition) is 2. The van der Waals surface area contributed by atoms with Crippen LogP contribution in [0, 0.1) is 5.92 Å². The van der Waals surface area contributed by atoms with E-state index in [-0.39, 0.29) is 0 Å². The predicted octanol–water partition coefficient (Wildman–Crippen LogP) is 2.07. The van der Waals surface area contributed by atoms with Crippen LogP contribution in [-0.4, -0.2) is 5.71 Å². The van der Waals surface area contributed by atoms with Crippen molar-refractivity contribution < 1.29 is 0 Å². The standard InChI is InChI=1S/C9H16N2/c1-2-9(11-10)8-6-4-3-5-7-8/h3-4,8H,2,5-7,10H2,1H3. The van der Waals surface area contributed by atoms with Gasteiger partial charge in [0.2, 0.25) is 0 Å². The summed E-state index contributed by atoms with van der Waals surface area (Å²) in [6, 6.07) is 0. The van der Waals surface area contributed by atoms with Gasteiger partial charge >= 0.3 is 0 Å². The first-order valence-corrected chi connectivity index (χ1v) is 4.30. The lowest BCUT2D eigenvalue weighted by molar-refractivity contribution is 0.606. The quantitative estimate of drug-likeness (QED) is 0.280. The molecule has 0 spiro atoms. The van der Waals surface area contributed by atoms with E-state index in [1.807, 2.05) is 0 Å². The normalized spacial score (nSPS) is 25.5. The monoisotopic (exact) mass is 152 g/mol. The summed E-state index contributed by atoms with van der Waals surface area (Å²) < 4.78 is 0. The molecule has 0 amide bonds. The lowest BCUT2D eigenvalue weighted by atomic mass is 9.89. The molecule has 0 aromatic heterocycles. The molecule has 0 radical (unpaired) electrons. The Bertz CT molecular complexity index is 170. The molecule has 62 valence electrons. The van der Waals surface area contributed by atoms with E-state index in [9.17, 15) is 0 Å². The SMILES string of the molecule is CCC(=NN)C1CC=CCC1. The van der Waals surface area contributed by atoms with Gasteiger partial charge in [0.25, 0.3) is 0 Å². The molecule has 2 N–H and O–H groups in total. The Morgan fingerprint density at radius 3 is 2.91 bits per heavy atom. The molecule has 0 aromatic rings. The summed E-state index contributed by atoms with van der Waals surface area (Å²) in [4.78, 5) is 0. The zero-order valence-electron chi connectivity index (χ0n) is 7.09. The van der Waals surface area contributed by atoms with Crippen molar-refractivity contribution in [1.82, 2.24) is 0 Å². The van der Waals surface area contributed by atoms with E-state index in [0.717, 1.165) is 12.8 Å². The average molecular weight is 152 g/mol. The zero-order chi connectivity index (χ0) is 8.10. The Morgan fingerprint density at radius 1 is 1.64 bits per heavy atom. The van der Waals surface area contributed by atoms with E-state index < -0.39 is 0 Å². The molecule has 0 aliphatic heterocycles. The second-order valence-corrected chi connectivity index (χ2v) is 2.96. The molecule has 1 rings (SSSR count). The van der Waals surface area contributed by atoms with Gasteiger partial charge in [-0.15, -0.1) is 0 Å². The van der Waals surface area contributed by atoms with Crippen LogP contribution in [0.15, 0.2) is 17.3 Å². The summed E-state index contributed by atoms with van der Waals surface area (Å²) >= 11 is 0. The highest BCUT2D eigenvalue weighted by molar-refractivity contribution is 5.86. The van der Waals surface area contributed by atoms with Gasteiger partial charge in [-0.2, -0.15) is 5.10 Å². The van der Waals surface area contributed by atoms with Crippen LogP contribution in [0.3, 0.4) is 0 Å². The maximum atomic E-state index is 5.28. The number of nitrogens with two attached hydrogens (primary N) is 1. The molecule has 1 aliphatic carbocycles. The molecule has 11 heavy (non-hydrogen) atoms. The maximum Gasteiger partial charge on any atom is 0.0407 e. The van der Waals surface area contributed by atoms with Crippen molar-refractivity contribution in [3.05, 3.63) is 12.2 Å². The Labute approximate surface area is 68.2 Å². The average Bonchev–Trinajstić information content (AvgIpc) is 2.09. The minimum absolute atomic E-state index is 0.620. The summed E-state index contributed by atoms with van der Waals surface area (Å²) in [5, 5.41) is 3.81. The maximum absolute atomic E-state index is 5.28. The third-order valence-corrected chi connectivity index (χ3v) is 2.27. The smallest absolute Gasteiger partial charge is 0.0407 e. The van der Waals surface area contributed by atoms with Crippen LogP contribution in [0.5, 0.6) is 0 Å². The number of allylic oxidation sites excluding steroid dienone is 2. The van der Waals surface area contributed by atoms with E-state index in [0.29, 0.717) is 5.92 Å². The molecule has 0 saturated heterocycles. The molecule has 0 bridgehead atoms. The fourth-order valence-corrected chi connectivity index (χ4v) is 1.58. The fraction of sp³-hybridized carbons (Fsp3) is 0.667. The van der Waals surface area contributed by atoms with E-state index in [1.165, 1.54) is 18.6 Å². The molecule has 1 atom stereocenters. The van der Waals surface area contributed by atoms with E-state index in [1.54, 1.807) is 0 Å². The molecule has 0 saturated carbocycles. The Kier molecular flexibility index (Phi) is 3.14. The minimum atomic E-state index is 0.620. The van der Waals surface area contributed by atoms with Gasteiger partial charge in [0.1, 0.15) is 0 Å². The van der Waals surface area contributed by atoms with Gasteiger partial charge in [0.05, 0.1) is 0 Å². The first kappa shape index (κ1) is 8.31. The molecule has 2 nitrogen and oxygen atoms in total. The number of hydrogen-bond donors (Lipinski definition) is 1. The highest BCUT2D eigenvalue weighted by Crippen LogP contribution is 2.20. The summed E-state index contributed by atoms with van der Waals surface area (Å²) in [5.74, 6) is 5.90. The summed E-state index contributed by atoms with van der Waals surface area (Å²) in [6.45, 7) is 2.12. The first-order chi connectivity index (χ1) is 5.38. The minimum Gasteiger partial charge on any atom is -0.323 e. The van der Waals surface area contributed by atoms with Crippen LogP contribution in [0.2, 0.25) is 0 Å². The first-order valence-electron chi connectivity index (χ1n) is 4.30. The van der Waals surface area contributed by atoms with Crippen molar-refractivity contribution in [1.29, 1.82) is 0 Å². The van der Waals surface area contributed by atoms with Gasteiger partial charge < -0.3 is 5.84 Å². The van der Waals surface area contributed by atoms with Gasteiger partial charge in [-0.05, 0) is 25.7 Å². The van der Waals surface area contributed by atoms with E-state index >= 15 is 0 Å². The highest BCUT2D eigenvalue weighted by Gasteiger charge is 2.14. The van der Waals surface area contributed by atoms with Crippen LogP contribution in [0.4, 0.5) is 0 Å². The lowest BCUT2D eigenvalue weighted by Crippen LogP contribution is -2.16. The van der Waals surface area contributed by atoms with Crippen LogP contribution in [0.25, 0.3) is 0 Å². The number of nitrogens with zero attached hydrogens (tertiary/aromatic N) is 1. The molecule has 0 heterocycles. The van der Waals surface area contributed by atoms with Crippen LogP contribution >= 0.6 is 0 Å². The predicted molar refractivity (Wildman–Crippen MR) is 48.4 cm³/mol. The van der Waals surface area contributed by atoms with Crippen molar-refractivity contribution in [3.8, 4) is 0 Å². The van der Waals surface area contributed by atoms with E-state index in [2.05, 4.69) is 24.2 Å². The van der Waals surface area contributed by atoms with Gasteiger partial charge in [-0.25, -0.2) is 0 Å². The van der Waals surface area contributed by atoms with Gasteiger partial charge in [0, 0.05) is 11.6 Å². The van der Waals surface area contributed by atoms with Crippen LogP contribution < -0.4 is 5.84 Å². The third kappa shape index (κ3) is 2.07. The summed E-state index contributed by atoms with van der Waals surface area (Å²) in [5.41, 5.74) is 1.18. The molecule has 2 heteroatoms. The fourth-order valence-electron chi connectivity index (χ4n) is 1.58. The Hall–Kier alpha value is -0.790.